The van der Waals surface area contributed by atoms with Gasteiger partial charge in [0.05, 0.1) is 6.54 Å². The highest BCUT2D eigenvalue weighted by Crippen LogP contribution is 2.36. The van der Waals surface area contributed by atoms with Gasteiger partial charge in [0, 0.05) is 43.4 Å². The molecule has 1 atom stereocenters. The molecule has 1 amide bonds. The molecular formula is C22H35IN4O. The SMILES string of the molecule is CCNC(=NCC(C)(C)c1cccc(C)c1)N1CCCC2(CNC(=O)C2)C1.I. The second-order valence-corrected chi connectivity index (χ2v) is 8.90. The number of hydrogen-bond acceptors (Lipinski definition) is 2. The van der Waals surface area contributed by atoms with Crippen LogP contribution in [-0.2, 0) is 10.2 Å². The third-order valence-corrected chi connectivity index (χ3v) is 5.92. The maximum Gasteiger partial charge on any atom is 0.220 e. The lowest BCUT2D eigenvalue weighted by Crippen LogP contribution is -2.51. The van der Waals surface area contributed by atoms with E-state index in [0.717, 1.165) is 51.5 Å². The number of nitrogens with zero attached hydrogens (tertiary/aromatic N) is 2. The fraction of sp³-hybridized carbons (Fsp3) is 0.636. The second kappa shape index (κ2) is 9.46. The van der Waals surface area contributed by atoms with Crippen LogP contribution in [0.2, 0.25) is 0 Å². The summed E-state index contributed by atoms with van der Waals surface area (Å²) in [4.78, 5) is 19.2. The van der Waals surface area contributed by atoms with Crippen LogP contribution < -0.4 is 10.6 Å². The standard InChI is InChI=1S/C22H34N4O.HI/c1-5-23-20(25-14-21(3,4)18-9-6-8-17(2)12-18)26-11-7-10-22(16-26)13-19(27)24-15-22;/h6,8-9,12H,5,7,10-11,13-16H2,1-4H3,(H,23,25)(H,24,27);1H. The number of aliphatic imine (C=N–C) groups is 1. The summed E-state index contributed by atoms with van der Waals surface area (Å²) in [5, 5.41) is 6.50. The summed E-state index contributed by atoms with van der Waals surface area (Å²) in [5.74, 6) is 1.18. The molecule has 0 saturated carbocycles. The number of nitrogens with one attached hydrogen (secondary N) is 2. The van der Waals surface area contributed by atoms with Gasteiger partial charge in [-0.3, -0.25) is 9.79 Å². The minimum atomic E-state index is -0.0228. The summed E-state index contributed by atoms with van der Waals surface area (Å²) in [7, 11) is 0. The third-order valence-electron chi connectivity index (χ3n) is 5.92. The first kappa shape index (κ1) is 23.0. The topological polar surface area (TPSA) is 56.7 Å². The van der Waals surface area contributed by atoms with Crippen molar-refractivity contribution >= 4 is 35.8 Å². The number of likely N-dealkylation sites (tertiary alicyclic amines) is 1. The fourth-order valence-electron chi connectivity index (χ4n) is 4.28. The first-order chi connectivity index (χ1) is 12.8. The highest BCUT2D eigenvalue weighted by molar-refractivity contribution is 14.0. The Kier molecular flexibility index (Phi) is 7.76. The van der Waals surface area contributed by atoms with E-state index in [1.165, 1.54) is 11.1 Å². The van der Waals surface area contributed by atoms with Crippen molar-refractivity contribution in [2.45, 2.75) is 52.4 Å². The van der Waals surface area contributed by atoms with E-state index in [1.54, 1.807) is 0 Å². The molecule has 0 bridgehead atoms. The maximum absolute atomic E-state index is 11.8. The van der Waals surface area contributed by atoms with Gasteiger partial charge in [0.25, 0.3) is 0 Å². The van der Waals surface area contributed by atoms with Crippen LogP contribution in [0, 0.1) is 12.3 Å². The van der Waals surface area contributed by atoms with Crippen molar-refractivity contribution in [3.05, 3.63) is 35.4 Å². The Labute approximate surface area is 186 Å². The average molecular weight is 498 g/mol. The van der Waals surface area contributed by atoms with E-state index in [0.29, 0.717) is 6.42 Å². The van der Waals surface area contributed by atoms with Gasteiger partial charge in [-0.25, -0.2) is 0 Å². The van der Waals surface area contributed by atoms with Gasteiger partial charge in [0.15, 0.2) is 5.96 Å². The molecule has 2 fully saturated rings. The van der Waals surface area contributed by atoms with E-state index in [1.807, 2.05) is 0 Å². The fourth-order valence-corrected chi connectivity index (χ4v) is 4.28. The van der Waals surface area contributed by atoms with Gasteiger partial charge >= 0.3 is 0 Å². The van der Waals surface area contributed by atoms with Crippen LogP contribution in [0.5, 0.6) is 0 Å². The number of guanidine groups is 1. The van der Waals surface area contributed by atoms with E-state index in [4.69, 9.17) is 4.99 Å². The van der Waals surface area contributed by atoms with E-state index >= 15 is 0 Å². The van der Waals surface area contributed by atoms with Gasteiger partial charge in [-0.15, -0.1) is 24.0 Å². The molecule has 6 heteroatoms. The minimum absolute atomic E-state index is 0. The molecule has 2 heterocycles. The van der Waals surface area contributed by atoms with Crippen LogP contribution in [0.3, 0.4) is 0 Å². The second-order valence-electron chi connectivity index (χ2n) is 8.90. The van der Waals surface area contributed by atoms with Gasteiger partial charge in [-0.1, -0.05) is 43.7 Å². The van der Waals surface area contributed by atoms with Crippen LogP contribution in [0.1, 0.15) is 51.2 Å². The Morgan fingerprint density at radius 3 is 2.82 bits per heavy atom. The predicted molar refractivity (Wildman–Crippen MR) is 126 cm³/mol. The van der Waals surface area contributed by atoms with Crippen molar-refractivity contribution in [1.82, 2.24) is 15.5 Å². The molecule has 1 spiro atoms. The number of aryl methyl sites for hydroxylation is 1. The van der Waals surface area contributed by atoms with Gasteiger partial charge in [0.1, 0.15) is 0 Å². The molecule has 0 aliphatic carbocycles. The summed E-state index contributed by atoms with van der Waals surface area (Å²) >= 11 is 0. The largest absolute Gasteiger partial charge is 0.357 e. The molecule has 5 nitrogen and oxygen atoms in total. The number of rotatable bonds is 4. The number of benzene rings is 1. The predicted octanol–water partition coefficient (Wildman–Crippen LogP) is 3.46. The monoisotopic (exact) mass is 498 g/mol. The van der Waals surface area contributed by atoms with E-state index in [-0.39, 0.29) is 40.7 Å². The lowest BCUT2D eigenvalue weighted by Gasteiger charge is -2.41. The Balaban J connectivity index is 0.00000280. The number of carbonyl (C=O) groups is 1. The summed E-state index contributed by atoms with van der Waals surface area (Å²) in [6.45, 7) is 13.1. The highest BCUT2D eigenvalue weighted by Gasteiger charge is 2.42. The first-order valence-electron chi connectivity index (χ1n) is 10.2. The molecule has 1 aromatic carbocycles. The van der Waals surface area contributed by atoms with Crippen molar-refractivity contribution in [2.75, 3.05) is 32.7 Å². The molecule has 28 heavy (non-hydrogen) atoms. The quantitative estimate of drug-likeness (QED) is 0.380. The molecular weight excluding hydrogens is 463 g/mol. The Morgan fingerprint density at radius 2 is 2.18 bits per heavy atom. The summed E-state index contributed by atoms with van der Waals surface area (Å²) in [6, 6.07) is 8.71. The van der Waals surface area contributed by atoms with Gasteiger partial charge in [0.2, 0.25) is 5.91 Å². The van der Waals surface area contributed by atoms with Crippen LogP contribution in [0.4, 0.5) is 0 Å². The molecule has 2 aliphatic heterocycles. The van der Waals surface area contributed by atoms with Crippen molar-refractivity contribution < 1.29 is 4.79 Å². The first-order valence-corrected chi connectivity index (χ1v) is 10.2. The molecule has 1 aromatic rings. The Bertz CT molecular complexity index is 718. The van der Waals surface area contributed by atoms with Crippen LogP contribution in [0.25, 0.3) is 0 Å². The zero-order valence-electron chi connectivity index (χ0n) is 17.7. The molecule has 0 radical (unpaired) electrons. The summed E-state index contributed by atoms with van der Waals surface area (Å²) in [6.07, 6.45) is 2.88. The van der Waals surface area contributed by atoms with Gasteiger partial charge < -0.3 is 15.5 Å². The van der Waals surface area contributed by atoms with E-state index < -0.39 is 0 Å². The maximum atomic E-state index is 11.8. The van der Waals surface area contributed by atoms with Gasteiger partial charge in [-0.2, -0.15) is 0 Å². The minimum Gasteiger partial charge on any atom is -0.357 e. The highest BCUT2D eigenvalue weighted by atomic mass is 127. The lowest BCUT2D eigenvalue weighted by atomic mass is 9.79. The molecule has 2 N–H and O–H groups in total. The normalized spacial score (nSPS) is 22.8. The number of hydrogen-bond donors (Lipinski definition) is 2. The van der Waals surface area contributed by atoms with Crippen LogP contribution in [0.15, 0.2) is 29.3 Å². The summed E-state index contributed by atoms with van der Waals surface area (Å²) < 4.78 is 0. The van der Waals surface area contributed by atoms with E-state index in [9.17, 15) is 4.79 Å². The lowest BCUT2D eigenvalue weighted by molar-refractivity contribution is -0.119. The smallest absolute Gasteiger partial charge is 0.220 e. The summed E-state index contributed by atoms with van der Waals surface area (Å²) in [5.41, 5.74) is 2.67. The number of carbonyl (C=O) groups excluding carboxylic acids is 1. The molecule has 1 unspecified atom stereocenters. The average Bonchev–Trinajstić information content (AvgIpc) is 2.98. The number of piperidine rings is 1. The van der Waals surface area contributed by atoms with Gasteiger partial charge in [-0.05, 0) is 32.3 Å². The zero-order chi connectivity index (χ0) is 19.5. The molecule has 2 aliphatic rings. The van der Waals surface area contributed by atoms with Crippen LogP contribution in [-0.4, -0.2) is 49.5 Å². The molecule has 2 saturated heterocycles. The zero-order valence-corrected chi connectivity index (χ0v) is 20.0. The van der Waals surface area contributed by atoms with Crippen molar-refractivity contribution in [1.29, 1.82) is 0 Å². The molecule has 156 valence electrons. The van der Waals surface area contributed by atoms with Crippen molar-refractivity contribution in [2.24, 2.45) is 10.4 Å². The number of halogens is 1. The number of amides is 1. The molecule has 3 rings (SSSR count). The Morgan fingerprint density at radius 1 is 1.39 bits per heavy atom. The third kappa shape index (κ3) is 5.39. The van der Waals surface area contributed by atoms with Crippen molar-refractivity contribution in [3.8, 4) is 0 Å². The van der Waals surface area contributed by atoms with E-state index in [2.05, 4.69) is 67.5 Å². The van der Waals surface area contributed by atoms with Crippen LogP contribution >= 0.6 is 24.0 Å². The molecule has 0 aromatic heterocycles. The van der Waals surface area contributed by atoms with Crippen molar-refractivity contribution in [3.63, 3.8) is 0 Å². The Hall–Kier alpha value is -1.31.